The molecule has 0 heterocycles. The maximum absolute atomic E-state index is 5.68. The number of rotatable bonds is 4. The second kappa shape index (κ2) is 5.62. The first-order valence-corrected chi connectivity index (χ1v) is 5.95. The van der Waals surface area contributed by atoms with Gasteiger partial charge in [0.2, 0.25) is 0 Å². The Morgan fingerprint density at radius 1 is 1.00 bits per heavy atom. The van der Waals surface area contributed by atoms with Gasteiger partial charge in [-0.1, -0.05) is 61.5 Å². The maximum atomic E-state index is 5.68. The van der Waals surface area contributed by atoms with Gasteiger partial charge in [-0.25, -0.2) is 5.43 Å². The van der Waals surface area contributed by atoms with Crippen molar-refractivity contribution in [1.29, 1.82) is 0 Å². The van der Waals surface area contributed by atoms with Crippen LogP contribution < -0.4 is 11.3 Å². The van der Waals surface area contributed by atoms with Crippen molar-refractivity contribution >= 4 is 0 Å². The number of nitrogens with two attached hydrogens (primary N) is 1. The average molecular weight is 226 g/mol. The van der Waals surface area contributed by atoms with Crippen LogP contribution in [0, 0.1) is 0 Å². The van der Waals surface area contributed by atoms with E-state index in [1.165, 1.54) is 16.7 Å². The number of nitrogens with one attached hydrogen (secondary N) is 1. The summed E-state index contributed by atoms with van der Waals surface area (Å²) in [5.41, 5.74) is 6.61. The fourth-order valence-corrected chi connectivity index (χ4v) is 2.02. The van der Waals surface area contributed by atoms with Crippen molar-refractivity contribution in [3.63, 3.8) is 0 Å². The zero-order valence-corrected chi connectivity index (χ0v) is 10.1. The molecule has 0 aromatic heterocycles. The number of hydrogen-bond donors (Lipinski definition) is 2. The van der Waals surface area contributed by atoms with E-state index in [1.807, 2.05) is 18.2 Å². The minimum absolute atomic E-state index is 0.0581. The van der Waals surface area contributed by atoms with E-state index in [9.17, 15) is 0 Å². The molecule has 2 heteroatoms. The lowest BCUT2D eigenvalue weighted by molar-refractivity contribution is 0.636. The van der Waals surface area contributed by atoms with Crippen LogP contribution in [0.2, 0.25) is 0 Å². The van der Waals surface area contributed by atoms with Crippen molar-refractivity contribution in [2.75, 3.05) is 0 Å². The third kappa shape index (κ3) is 2.73. The van der Waals surface area contributed by atoms with Gasteiger partial charge in [0.25, 0.3) is 0 Å². The number of benzene rings is 2. The van der Waals surface area contributed by atoms with Crippen molar-refractivity contribution in [3.8, 4) is 0 Å². The zero-order chi connectivity index (χ0) is 12.1. The molecular weight excluding hydrogens is 208 g/mol. The van der Waals surface area contributed by atoms with Gasteiger partial charge in [0.05, 0.1) is 6.04 Å². The van der Waals surface area contributed by atoms with Crippen LogP contribution in [-0.2, 0) is 6.42 Å². The molecule has 0 fully saturated rings. The van der Waals surface area contributed by atoms with E-state index in [2.05, 4.69) is 48.7 Å². The van der Waals surface area contributed by atoms with Crippen LogP contribution in [0.1, 0.15) is 29.7 Å². The van der Waals surface area contributed by atoms with E-state index in [1.54, 1.807) is 0 Å². The standard InChI is InChI=1S/C15H18N2/c1-2-12-7-6-10-14(11-12)15(17-16)13-8-4-3-5-9-13/h3-11,15,17H,2,16H2,1H3. The van der Waals surface area contributed by atoms with Gasteiger partial charge >= 0.3 is 0 Å². The zero-order valence-electron chi connectivity index (χ0n) is 10.1. The highest BCUT2D eigenvalue weighted by Gasteiger charge is 2.11. The van der Waals surface area contributed by atoms with E-state index in [0.29, 0.717) is 0 Å². The summed E-state index contributed by atoms with van der Waals surface area (Å²) in [7, 11) is 0. The van der Waals surface area contributed by atoms with Gasteiger partial charge in [-0.3, -0.25) is 5.84 Å². The molecule has 17 heavy (non-hydrogen) atoms. The molecule has 0 aliphatic rings. The lowest BCUT2D eigenvalue weighted by atomic mass is 9.97. The van der Waals surface area contributed by atoms with Crippen LogP contribution in [0.5, 0.6) is 0 Å². The third-order valence-corrected chi connectivity index (χ3v) is 2.99. The molecule has 2 aromatic carbocycles. The Morgan fingerprint density at radius 3 is 2.35 bits per heavy atom. The van der Waals surface area contributed by atoms with E-state index in [0.717, 1.165) is 6.42 Å². The molecule has 1 atom stereocenters. The number of hydrogen-bond acceptors (Lipinski definition) is 2. The Morgan fingerprint density at radius 2 is 1.71 bits per heavy atom. The normalized spacial score (nSPS) is 12.4. The van der Waals surface area contributed by atoms with Gasteiger partial charge in [-0.05, 0) is 23.1 Å². The average Bonchev–Trinajstić information content (AvgIpc) is 2.41. The monoisotopic (exact) mass is 226 g/mol. The molecule has 2 rings (SSSR count). The molecule has 2 aromatic rings. The Labute approximate surface area is 102 Å². The topological polar surface area (TPSA) is 38.0 Å². The Bertz CT molecular complexity index is 465. The van der Waals surface area contributed by atoms with Gasteiger partial charge in [0.1, 0.15) is 0 Å². The minimum Gasteiger partial charge on any atom is -0.271 e. The molecule has 0 radical (unpaired) electrons. The van der Waals surface area contributed by atoms with Gasteiger partial charge < -0.3 is 0 Å². The second-order valence-electron chi connectivity index (χ2n) is 4.11. The van der Waals surface area contributed by atoms with E-state index in [4.69, 9.17) is 5.84 Å². The lowest BCUT2D eigenvalue weighted by Crippen LogP contribution is -2.28. The van der Waals surface area contributed by atoms with E-state index < -0.39 is 0 Å². The molecule has 0 amide bonds. The van der Waals surface area contributed by atoms with Crippen LogP contribution in [-0.4, -0.2) is 0 Å². The van der Waals surface area contributed by atoms with Crippen molar-refractivity contribution in [2.45, 2.75) is 19.4 Å². The summed E-state index contributed by atoms with van der Waals surface area (Å²) in [5.74, 6) is 5.68. The largest absolute Gasteiger partial charge is 0.271 e. The summed E-state index contributed by atoms with van der Waals surface area (Å²) in [5, 5.41) is 0. The van der Waals surface area contributed by atoms with Crippen LogP contribution >= 0.6 is 0 Å². The van der Waals surface area contributed by atoms with E-state index in [-0.39, 0.29) is 6.04 Å². The van der Waals surface area contributed by atoms with Crippen molar-refractivity contribution in [1.82, 2.24) is 5.43 Å². The molecule has 0 spiro atoms. The molecule has 0 aliphatic heterocycles. The quantitative estimate of drug-likeness (QED) is 0.621. The summed E-state index contributed by atoms with van der Waals surface area (Å²) < 4.78 is 0. The molecule has 0 bridgehead atoms. The van der Waals surface area contributed by atoms with Gasteiger partial charge in [-0.15, -0.1) is 0 Å². The fraction of sp³-hybridized carbons (Fsp3) is 0.200. The molecule has 2 nitrogen and oxygen atoms in total. The number of hydrazine groups is 1. The van der Waals surface area contributed by atoms with Crippen molar-refractivity contribution in [2.24, 2.45) is 5.84 Å². The predicted molar refractivity (Wildman–Crippen MR) is 71.4 cm³/mol. The first-order valence-electron chi connectivity index (χ1n) is 5.95. The highest BCUT2D eigenvalue weighted by molar-refractivity contribution is 5.34. The maximum Gasteiger partial charge on any atom is 0.0710 e. The third-order valence-electron chi connectivity index (χ3n) is 2.99. The molecule has 0 saturated heterocycles. The molecule has 1 unspecified atom stereocenters. The highest BCUT2D eigenvalue weighted by Crippen LogP contribution is 2.21. The summed E-state index contributed by atoms with van der Waals surface area (Å²) in [6.07, 6.45) is 1.04. The van der Waals surface area contributed by atoms with E-state index >= 15 is 0 Å². The first kappa shape index (κ1) is 11.8. The van der Waals surface area contributed by atoms with Crippen LogP contribution in [0.15, 0.2) is 54.6 Å². The Hall–Kier alpha value is -1.64. The summed E-state index contributed by atoms with van der Waals surface area (Å²) in [4.78, 5) is 0. The molecule has 3 N–H and O–H groups in total. The molecule has 0 aliphatic carbocycles. The second-order valence-corrected chi connectivity index (χ2v) is 4.11. The van der Waals surface area contributed by atoms with Gasteiger partial charge in [-0.2, -0.15) is 0 Å². The smallest absolute Gasteiger partial charge is 0.0710 e. The van der Waals surface area contributed by atoms with Crippen LogP contribution in [0.3, 0.4) is 0 Å². The Balaban J connectivity index is 2.35. The predicted octanol–water partition coefficient (Wildman–Crippen LogP) is 2.80. The summed E-state index contributed by atoms with van der Waals surface area (Å²) in [6, 6.07) is 18.8. The first-order chi connectivity index (χ1) is 8.35. The fourth-order valence-electron chi connectivity index (χ4n) is 2.02. The minimum atomic E-state index is 0.0581. The molecular formula is C15H18N2. The molecule has 88 valence electrons. The molecule has 0 saturated carbocycles. The van der Waals surface area contributed by atoms with Crippen molar-refractivity contribution < 1.29 is 0 Å². The van der Waals surface area contributed by atoms with Crippen LogP contribution in [0.25, 0.3) is 0 Å². The van der Waals surface area contributed by atoms with Crippen LogP contribution in [0.4, 0.5) is 0 Å². The summed E-state index contributed by atoms with van der Waals surface area (Å²) >= 11 is 0. The van der Waals surface area contributed by atoms with Gasteiger partial charge in [0.15, 0.2) is 0 Å². The van der Waals surface area contributed by atoms with Crippen molar-refractivity contribution in [3.05, 3.63) is 71.3 Å². The number of aryl methyl sites for hydroxylation is 1. The lowest BCUT2D eigenvalue weighted by Gasteiger charge is -2.17. The SMILES string of the molecule is CCc1cccc(C(NN)c2ccccc2)c1. The Kier molecular flexibility index (Phi) is 3.91. The highest BCUT2D eigenvalue weighted by atomic mass is 15.2. The van der Waals surface area contributed by atoms with Gasteiger partial charge in [0, 0.05) is 0 Å². The summed E-state index contributed by atoms with van der Waals surface area (Å²) in [6.45, 7) is 2.16.